The summed E-state index contributed by atoms with van der Waals surface area (Å²) < 4.78 is 2.00. The van der Waals surface area contributed by atoms with Gasteiger partial charge in [0.15, 0.2) is 11.9 Å². The van der Waals surface area contributed by atoms with E-state index in [-0.39, 0.29) is 5.91 Å². The summed E-state index contributed by atoms with van der Waals surface area (Å²) in [6.45, 7) is 8.50. The number of rotatable bonds is 4. The molecule has 0 saturated carbocycles. The summed E-state index contributed by atoms with van der Waals surface area (Å²) >= 11 is 0. The van der Waals surface area contributed by atoms with E-state index in [4.69, 9.17) is 0 Å². The standard InChI is InChI=1S/C18H22N2O/c1-5-16-10-9-15(4)20(11-16)12-17(21)19-18-13(2)7-6-8-14(18)3/h6-11H,5,12H2,1-4H3/p+1. The van der Waals surface area contributed by atoms with Crippen LogP contribution in [0.25, 0.3) is 0 Å². The molecule has 3 nitrogen and oxygen atoms in total. The quantitative estimate of drug-likeness (QED) is 0.859. The van der Waals surface area contributed by atoms with E-state index in [1.165, 1.54) is 5.56 Å². The average Bonchev–Trinajstić information content (AvgIpc) is 2.45. The van der Waals surface area contributed by atoms with Crippen LogP contribution in [0, 0.1) is 20.8 Å². The van der Waals surface area contributed by atoms with E-state index in [0.29, 0.717) is 6.54 Å². The third-order valence-corrected chi connectivity index (χ3v) is 3.78. The first-order valence-corrected chi connectivity index (χ1v) is 7.36. The summed E-state index contributed by atoms with van der Waals surface area (Å²) in [5, 5.41) is 3.03. The van der Waals surface area contributed by atoms with Crippen LogP contribution in [0.3, 0.4) is 0 Å². The highest BCUT2D eigenvalue weighted by Crippen LogP contribution is 2.19. The number of aryl methyl sites for hydroxylation is 4. The molecule has 0 radical (unpaired) electrons. The van der Waals surface area contributed by atoms with Crippen molar-refractivity contribution in [2.75, 3.05) is 5.32 Å². The second-order valence-corrected chi connectivity index (χ2v) is 5.48. The molecule has 0 atom stereocenters. The zero-order valence-electron chi connectivity index (χ0n) is 13.2. The minimum Gasteiger partial charge on any atom is -0.320 e. The number of carbonyl (C=O) groups is 1. The molecular formula is C18H23N2O+. The highest BCUT2D eigenvalue weighted by molar-refractivity contribution is 5.91. The van der Waals surface area contributed by atoms with Crippen LogP contribution >= 0.6 is 0 Å². The van der Waals surface area contributed by atoms with E-state index >= 15 is 0 Å². The summed E-state index contributed by atoms with van der Waals surface area (Å²) in [6.07, 6.45) is 3.03. The number of anilines is 1. The van der Waals surface area contributed by atoms with E-state index in [1.54, 1.807) is 0 Å². The van der Waals surface area contributed by atoms with Gasteiger partial charge in [0.05, 0.1) is 0 Å². The van der Waals surface area contributed by atoms with E-state index in [1.807, 2.05) is 43.5 Å². The number of amides is 1. The molecule has 1 N–H and O–H groups in total. The fourth-order valence-electron chi connectivity index (χ4n) is 2.39. The highest BCUT2D eigenvalue weighted by Gasteiger charge is 2.15. The van der Waals surface area contributed by atoms with Crippen molar-refractivity contribution in [3.8, 4) is 0 Å². The Kier molecular flexibility index (Phi) is 4.73. The molecule has 2 aromatic rings. The Morgan fingerprint density at radius 2 is 1.76 bits per heavy atom. The fraction of sp³-hybridized carbons (Fsp3) is 0.333. The molecule has 0 saturated heterocycles. The Hall–Kier alpha value is -2.16. The zero-order valence-corrected chi connectivity index (χ0v) is 13.2. The number of carbonyl (C=O) groups excluding carboxylic acids is 1. The Morgan fingerprint density at radius 1 is 1.10 bits per heavy atom. The lowest BCUT2D eigenvalue weighted by Gasteiger charge is -2.10. The van der Waals surface area contributed by atoms with E-state index in [0.717, 1.165) is 28.9 Å². The summed E-state index contributed by atoms with van der Waals surface area (Å²) in [4.78, 5) is 12.3. The second kappa shape index (κ2) is 6.53. The monoisotopic (exact) mass is 283 g/mol. The molecule has 0 spiro atoms. The molecule has 21 heavy (non-hydrogen) atoms. The predicted molar refractivity (Wildman–Crippen MR) is 85.3 cm³/mol. The molecule has 0 aliphatic carbocycles. The summed E-state index contributed by atoms with van der Waals surface area (Å²) in [7, 11) is 0. The van der Waals surface area contributed by atoms with Crippen LogP contribution in [-0.2, 0) is 17.8 Å². The number of para-hydroxylation sites is 1. The first kappa shape index (κ1) is 15.2. The van der Waals surface area contributed by atoms with Crippen LogP contribution in [0.5, 0.6) is 0 Å². The third kappa shape index (κ3) is 3.69. The lowest BCUT2D eigenvalue weighted by molar-refractivity contribution is -0.690. The SMILES string of the molecule is CCc1ccc(C)[n+](CC(=O)Nc2c(C)cccc2C)c1. The van der Waals surface area contributed by atoms with Crippen molar-refractivity contribution < 1.29 is 9.36 Å². The van der Waals surface area contributed by atoms with Gasteiger partial charge in [0.25, 0.3) is 5.91 Å². The number of benzene rings is 1. The molecule has 1 aromatic carbocycles. The average molecular weight is 283 g/mol. The Labute approximate surface area is 126 Å². The maximum absolute atomic E-state index is 12.3. The molecular weight excluding hydrogens is 260 g/mol. The van der Waals surface area contributed by atoms with E-state index in [9.17, 15) is 4.79 Å². The van der Waals surface area contributed by atoms with Crippen molar-refractivity contribution in [3.63, 3.8) is 0 Å². The number of nitrogens with one attached hydrogen (secondary N) is 1. The van der Waals surface area contributed by atoms with Gasteiger partial charge in [-0.05, 0) is 37.5 Å². The van der Waals surface area contributed by atoms with Crippen LogP contribution in [0.2, 0.25) is 0 Å². The Bertz CT molecular complexity index is 642. The van der Waals surface area contributed by atoms with Crippen LogP contribution in [0.1, 0.15) is 29.3 Å². The van der Waals surface area contributed by atoms with Crippen LogP contribution in [0.4, 0.5) is 5.69 Å². The van der Waals surface area contributed by atoms with Crippen molar-refractivity contribution >= 4 is 11.6 Å². The van der Waals surface area contributed by atoms with Gasteiger partial charge >= 0.3 is 0 Å². The van der Waals surface area contributed by atoms with Gasteiger partial charge in [-0.2, -0.15) is 4.57 Å². The smallest absolute Gasteiger partial charge is 0.290 e. The van der Waals surface area contributed by atoms with Crippen LogP contribution < -0.4 is 9.88 Å². The molecule has 1 heterocycles. The molecule has 1 amide bonds. The van der Waals surface area contributed by atoms with Gasteiger partial charge < -0.3 is 5.32 Å². The maximum atomic E-state index is 12.3. The lowest BCUT2D eigenvalue weighted by Crippen LogP contribution is -2.43. The van der Waals surface area contributed by atoms with Gasteiger partial charge in [-0.15, -0.1) is 0 Å². The van der Waals surface area contributed by atoms with E-state index < -0.39 is 0 Å². The van der Waals surface area contributed by atoms with Crippen LogP contribution in [0.15, 0.2) is 36.5 Å². The van der Waals surface area contributed by atoms with Gasteiger partial charge in [0.1, 0.15) is 0 Å². The number of hydrogen-bond acceptors (Lipinski definition) is 1. The Morgan fingerprint density at radius 3 is 2.38 bits per heavy atom. The van der Waals surface area contributed by atoms with Gasteiger partial charge in [0.2, 0.25) is 6.54 Å². The van der Waals surface area contributed by atoms with Crippen molar-refractivity contribution in [2.45, 2.75) is 40.7 Å². The van der Waals surface area contributed by atoms with Crippen molar-refractivity contribution in [1.82, 2.24) is 0 Å². The minimum absolute atomic E-state index is 0.00810. The van der Waals surface area contributed by atoms with Crippen molar-refractivity contribution in [1.29, 1.82) is 0 Å². The molecule has 0 aliphatic heterocycles. The largest absolute Gasteiger partial charge is 0.320 e. The van der Waals surface area contributed by atoms with Gasteiger partial charge in [-0.3, -0.25) is 4.79 Å². The lowest BCUT2D eigenvalue weighted by atomic mass is 10.1. The highest BCUT2D eigenvalue weighted by atomic mass is 16.1. The first-order valence-electron chi connectivity index (χ1n) is 7.36. The molecule has 0 bridgehead atoms. The Balaban J connectivity index is 2.15. The van der Waals surface area contributed by atoms with Gasteiger partial charge in [-0.1, -0.05) is 25.1 Å². The van der Waals surface area contributed by atoms with Crippen LogP contribution in [-0.4, -0.2) is 5.91 Å². The molecule has 0 unspecified atom stereocenters. The first-order chi connectivity index (χ1) is 10.0. The third-order valence-electron chi connectivity index (χ3n) is 3.78. The van der Waals surface area contributed by atoms with Crippen molar-refractivity contribution in [3.05, 3.63) is 58.9 Å². The number of nitrogens with zero attached hydrogens (tertiary/aromatic N) is 1. The summed E-state index contributed by atoms with van der Waals surface area (Å²) in [5.41, 5.74) is 5.43. The number of aromatic nitrogens is 1. The molecule has 0 aliphatic rings. The number of hydrogen-bond donors (Lipinski definition) is 1. The minimum atomic E-state index is 0.00810. The topological polar surface area (TPSA) is 33.0 Å². The van der Waals surface area contributed by atoms with E-state index in [2.05, 4.69) is 30.6 Å². The fourth-order valence-corrected chi connectivity index (χ4v) is 2.39. The summed E-state index contributed by atoms with van der Waals surface area (Å²) in [6, 6.07) is 10.2. The van der Waals surface area contributed by atoms with Gasteiger partial charge in [-0.25, -0.2) is 0 Å². The molecule has 0 fully saturated rings. The maximum Gasteiger partial charge on any atom is 0.290 e. The number of pyridine rings is 1. The molecule has 3 heteroatoms. The molecule has 1 aromatic heterocycles. The molecule has 110 valence electrons. The summed E-state index contributed by atoms with van der Waals surface area (Å²) in [5.74, 6) is 0.00810. The zero-order chi connectivity index (χ0) is 15.4. The van der Waals surface area contributed by atoms with Crippen molar-refractivity contribution in [2.24, 2.45) is 0 Å². The normalized spacial score (nSPS) is 10.5. The van der Waals surface area contributed by atoms with Gasteiger partial charge in [0, 0.05) is 24.2 Å². The second-order valence-electron chi connectivity index (χ2n) is 5.48. The predicted octanol–water partition coefficient (Wildman–Crippen LogP) is 3.10. The molecule has 2 rings (SSSR count).